The van der Waals surface area contributed by atoms with Gasteiger partial charge in [-0.2, -0.15) is 0 Å². The van der Waals surface area contributed by atoms with Gasteiger partial charge in [0.15, 0.2) is 0 Å². The fraction of sp³-hybridized carbons (Fsp3) is 0.368. The number of aryl methyl sites for hydroxylation is 1. The lowest BCUT2D eigenvalue weighted by molar-refractivity contribution is 0.0374. The third kappa shape index (κ3) is 4.58. The van der Waals surface area contributed by atoms with Crippen LogP contribution in [-0.4, -0.2) is 37.7 Å². The smallest absolute Gasteiger partial charge is 0.127 e. The van der Waals surface area contributed by atoms with Crippen LogP contribution in [0, 0.1) is 0 Å². The molecule has 2 aromatic carbocycles. The van der Waals surface area contributed by atoms with E-state index >= 15 is 0 Å². The Labute approximate surface area is 132 Å². The SMILES string of the molecule is c1ccc(Oc2ccc(CCCN3CCOCC3)cc2)cc1. The van der Waals surface area contributed by atoms with E-state index in [0.29, 0.717) is 0 Å². The quantitative estimate of drug-likeness (QED) is 0.810. The number of ether oxygens (including phenoxy) is 2. The summed E-state index contributed by atoms with van der Waals surface area (Å²) in [6, 6.07) is 18.3. The molecule has 1 fully saturated rings. The van der Waals surface area contributed by atoms with Gasteiger partial charge >= 0.3 is 0 Å². The first kappa shape index (κ1) is 15.1. The van der Waals surface area contributed by atoms with E-state index in [1.807, 2.05) is 30.3 Å². The van der Waals surface area contributed by atoms with Gasteiger partial charge in [-0.3, -0.25) is 4.90 Å². The van der Waals surface area contributed by atoms with E-state index in [2.05, 4.69) is 29.2 Å². The topological polar surface area (TPSA) is 21.7 Å². The number of benzene rings is 2. The highest BCUT2D eigenvalue weighted by Crippen LogP contribution is 2.21. The molecule has 0 aromatic heterocycles. The Kier molecular flexibility index (Phi) is 5.46. The van der Waals surface area contributed by atoms with Crippen molar-refractivity contribution in [2.24, 2.45) is 0 Å². The molecular formula is C19H23NO2. The van der Waals surface area contributed by atoms with Gasteiger partial charge in [0.2, 0.25) is 0 Å². The molecule has 2 aromatic rings. The molecule has 1 heterocycles. The summed E-state index contributed by atoms with van der Waals surface area (Å²) in [5.74, 6) is 1.77. The zero-order chi connectivity index (χ0) is 15.0. The number of hydrogen-bond donors (Lipinski definition) is 0. The molecule has 0 saturated carbocycles. The van der Waals surface area contributed by atoms with E-state index in [1.54, 1.807) is 0 Å². The van der Waals surface area contributed by atoms with Crippen molar-refractivity contribution in [2.45, 2.75) is 12.8 Å². The standard InChI is InChI=1S/C19H23NO2/c1-2-6-18(7-3-1)22-19-10-8-17(9-11-19)5-4-12-20-13-15-21-16-14-20/h1-3,6-11H,4-5,12-16H2. The van der Waals surface area contributed by atoms with Crippen molar-refractivity contribution in [1.82, 2.24) is 4.90 Å². The predicted molar refractivity (Wildman–Crippen MR) is 88.5 cm³/mol. The predicted octanol–water partition coefficient (Wildman–Crippen LogP) is 3.74. The Bertz CT molecular complexity index is 547. The van der Waals surface area contributed by atoms with E-state index in [4.69, 9.17) is 9.47 Å². The van der Waals surface area contributed by atoms with Crippen molar-refractivity contribution in [3.63, 3.8) is 0 Å². The second-order valence-electron chi connectivity index (χ2n) is 5.62. The Hall–Kier alpha value is -1.84. The summed E-state index contributed by atoms with van der Waals surface area (Å²) in [6.45, 7) is 5.07. The van der Waals surface area contributed by atoms with E-state index in [-0.39, 0.29) is 0 Å². The zero-order valence-electron chi connectivity index (χ0n) is 12.9. The van der Waals surface area contributed by atoms with Crippen LogP contribution in [0.1, 0.15) is 12.0 Å². The van der Waals surface area contributed by atoms with Crippen molar-refractivity contribution in [1.29, 1.82) is 0 Å². The third-order valence-corrected chi connectivity index (χ3v) is 3.95. The molecule has 22 heavy (non-hydrogen) atoms. The summed E-state index contributed by atoms with van der Waals surface area (Å²) in [6.07, 6.45) is 2.31. The minimum absolute atomic E-state index is 0.877. The van der Waals surface area contributed by atoms with Crippen LogP contribution in [0.25, 0.3) is 0 Å². The zero-order valence-corrected chi connectivity index (χ0v) is 12.9. The molecule has 0 amide bonds. The first-order chi connectivity index (χ1) is 10.9. The van der Waals surface area contributed by atoms with Crippen LogP contribution in [0.4, 0.5) is 0 Å². The van der Waals surface area contributed by atoms with Crippen molar-refractivity contribution in [2.75, 3.05) is 32.8 Å². The summed E-state index contributed by atoms with van der Waals surface area (Å²) in [4.78, 5) is 2.48. The summed E-state index contributed by atoms with van der Waals surface area (Å²) >= 11 is 0. The normalized spacial score (nSPS) is 15.6. The van der Waals surface area contributed by atoms with E-state index < -0.39 is 0 Å². The molecule has 3 heteroatoms. The highest BCUT2D eigenvalue weighted by atomic mass is 16.5. The highest BCUT2D eigenvalue weighted by Gasteiger charge is 2.09. The maximum Gasteiger partial charge on any atom is 0.127 e. The summed E-state index contributed by atoms with van der Waals surface area (Å²) in [5, 5.41) is 0. The molecule has 0 bridgehead atoms. The van der Waals surface area contributed by atoms with Crippen molar-refractivity contribution < 1.29 is 9.47 Å². The fourth-order valence-electron chi connectivity index (χ4n) is 2.68. The lowest BCUT2D eigenvalue weighted by atomic mass is 10.1. The molecule has 116 valence electrons. The monoisotopic (exact) mass is 297 g/mol. The first-order valence-corrected chi connectivity index (χ1v) is 8.02. The van der Waals surface area contributed by atoms with Gasteiger partial charge in [0.25, 0.3) is 0 Å². The lowest BCUT2D eigenvalue weighted by Crippen LogP contribution is -2.36. The minimum Gasteiger partial charge on any atom is -0.457 e. The van der Waals surface area contributed by atoms with Gasteiger partial charge in [-0.1, -0.05) is 30.3 Å². The van der Waals surface area contributed by atoms with Crippen molar-refractivity contribution >= 4 is 0 Å². The lowest BCUT2D eigenvalue weighted by Gasteiger charge is -2.26. The highest BCUT2D eigenvalue weighted by molar-refractivity contribution is 5.32. The molecule has 0 radical (unpaired) electrons. The number of morpholine rings is 1. The van der Waals surface area contributed by atoms with Gasteiger partial charge in [0, 0.05) is 13.1 Å². The maximum atomic E-state index is 5.81. The number of nitrogens with zero attached hydrogens (tertiary/aromatic N) is 1. The maximum absolute atomic E-state index is 5.81. The molecular weight excluding hydrogens is 274 g/mol. The molecule has 0 spiro atoms. The number of hydrogen-bond acceptors (Lipinski definition) is 3. The molecule has 0 N–H and O–H groups in total. The molecule has 0 unspecified atom stereocenters. The molecule has 0 aliphatic carbocycles. The minimum atomic E-state index is 0.877. The summed E-state index contributed by atoms with van der Waals surface area (Å²) in [7, 11) is 0. The number of rotatable bonds is 6. The Balaban J connectivity index is 1.45. The van der Waals surface area contributed by atoms with Gasteiger partial charge in [-0.25, -0.2) is 0 Å². The molecule has 1 aliphatic heterocycles. The Morgan fingerprint density at radius 3 is 2.27 bits per heavy atom. The average Bonchev–Trinajstić information content (AvgIpc) is 2.58. The molecule has 3 rings (SSSR count). The van der Waals surface area contributed by atoms with Crippen molar-refractivity contribution in [3.05, 3.63) is 60.2 Å². The summed E-state index contributed by atoms with van der Waals surface area (Å²) < 4.78 is 11.2. The van der Waals surface area contributed by atoms with Crippen LogP contribution in [0.3, 0.4) is 0 Å². The fourth-order valence-corrected chi connectivity index (χ4v) is 2.68. The van der Waals surface area contributed by atoms with Gasteiger partial charge in [0.05, 0.1) is 13.2 Å². The van der Waals surface area contributed by atoms with E-state index in [1.165, 1.54) is 12.0 Å². The van der Waals surface area contributed by atoms with Crippen LogP contribution in [-0.2, 0) is 11.2 Å². The van der Waals surface area contributed by atoms with Gasteiger partial charge < -0.3 is 9.47 Å². The van der Waals surface area contributed by atoms with Crippen LogP contribution in [0.5, 0.6) is 11.5 Å². The second-order valence-corrected chi connectivity index (χ2v) is 5.62. The molecule has 3 nitrogen and oxygen atoms in total. The van der Waals surface area contributed by atoms with Gasteiger partial charge in [-0.05, 0) is 49.2 Å². The van der Waals surface area contributed by atoms with E-state index in [9.17, 15) is 0 Å². The average molecular weight is 297 g/mol. The van der Waals surface area contributed by atoms with Crippen LogP contribution in [0.2, 0.25) is 0 Å². The van der Waals surface area contributed by atoms with Crippen LogP contribution >= 0.6 is 0 Å². The first-order valence-electron chi connectivity index (χ1n) is 8.02. The molecule has 1 aliphatic rings. The van der Waals surface area contributed by atoms with E-state index in [0.717, 1.165) is 50.8 Å². The Morgan fingerprint density at radius 2 is 1.55 bits per heavy atom. The second kappa shape index (κ2) is 7.97. The van der Waals surface area contributed by atoms with Gasteiger partial charge in [-0.15, -0.1) is 0 Å². The van der Waals surface area contributed by atoms with Crippen molar-refractivity contribution in [3.8, 4) is 11.5 Å². The number of para-hydroxylation sites is 1. The Morgan fingerprint density at radius 1 is 0.864 bits per heavy atom. The largest absolute Gasteiger partial charge is 0.457 e. The molecule has 1 saturated heterocycles. The van der Waals surface area contributed by atoms with Gasteiger partial charge in [0.1, 0.15) is 11.5 Å². The molecule has 0 atom stereocenters. The van der Waals surface area contributed by atoms with Crippen LogP contribution < -0.4 is 4.74 Å². The van der Waals surface area contributed by atoms with Crippen LogP contribution in [0.15, 0.2) is 54.6 Å². The third-order valence-electron chi connectivity index (χ3n) is 3.95. The summed E-state index contributed by atoms with van der Waals surface area (Å²) in [5.41, 5.74) is 1.37.